The molecule has 6 rings (SSSR count). The molecule has 6 atom stereocenters. The Kier molecular flexibility index (Phi) is 8.09. The van der Waals surface area contributed by atoms with Crippen LogP contribution in [0.4, 0.5) is 11.4 Å². The molecule has 7 heteroatoms. The van der Waals surface area contributed by atoms with Crippen LogP contribution in [0.5, 0.6) is 0 Å². The third kappa shape index (κ3) is 5.44. The first-order valence-corrected chi connectivity index (χ1v) is 14.5. The number of carbonyl (C=O) groups is 1. The van der Waals surface area contributed by atoms with Crippen molar-refractivity contribution in [2.45, 2.75) is 49.3 Å². The summed E-state index contributed by atoms with van der Waals surface area (Å²) in [6, 6.07) is 32.6. The number of anilines is 2. The van der Waals surface area contributed by atoms with E-state index >= 15 is 0 Å². The fourth-order valence-corrected chi connectivity index (χ4v) is 6.56. The minimum atomic E-state index is -0.842. The zero-order valence-corrected chi connectivity index (χ0v) is 23.3. The zero-order chi connectivity index (χ0) is 29.2. The number of aliphatic hydroxyl groups is 4. The number of hydrogen-bond donors (Lipinski definition) is 4. The summed E-state index contributed by atoms with van der Waals surface area (Å²) in [5.74, 6) is -0.204. The van der Waals surface area contributed by atoms with Crippen LogP contribution in [0.2, 0.25) is 0 Å². The van der Waals surface area contributed by atoms with Crippen LogP contribution in [0.1, 0.15) is 52.1 Å². The van der Waals surface area contributed by atoms with Crippen molar-refractivity contribution in [2.75, 3.05) is 22.9 Å². The molecule has 2 aliphatic rings. The molecule has 0 unspecified atom stereocenters. The molecule has 0 saturated carbocycles. The lowest BCUT2D eigenvalue weighted by molar-refractivity contribution is 0.103. The van der Waals surface area contributed by atoms with E-state index in [2.05, 4.69) is 0 Å². The molecule has 2 saturated heterocycles. The fourth-order valence-electron chi connectivity index (χ4n) is 6.56. The van der Waals surface area contributed by atoms with Crippen LogP contribution in [0, 0.1) is 0 Å². The highest BCUT2D eigenvalue weighted by Crippen LogP contribution is 2.39. The van der Waals surface area contributed by atoms with E-state index in [0.29, 0.717) is 48.4 Å². The van der Waals surface area contributed by atoms with Gasteiger partial charge in [-0.2, -0.15) is 0 Å². The smallest absolute Gasteiger partial charge is 0.197 e. The molecule has 0 bridgehead atoms. The van der Waals surface area contributed by atoms with Crippen molar-refractivity contribution < 1.29 is 25.2 Å². The minimum absolute atomic E-state index is 0.204. The molecule has 0 amide bonds. The molecule has 42 heavy (non-hydrogen) atoms. The lowest BCUT2D eigenvalue weighted by Gasteiger charge is -2.33. The number of para-hydroxylation sites is 2. The number of benzene rings is 4. The molecule has 4 N–H and O–H groups in total. The van der Waals surface area contributed by atoms with Gasteiger partial charge in [-0.25, -0.2) is 0 Å². The fraction of sp³-hybridized carbons (Fsp3) is 0.286. The van der Waals surface area contributed by atoms with Crippen molar-refractivity contribution >= 4 is 17.2 Å². The van der Waals surface area contributed by atoms with Gasteiger partial charge in [-0.15, -0.1) is 0 Å². The Hall–Kier alpha value is -4.01. The van der Waals surface area contributed by atoms with Gasteiger partial charge in [-0.05, 0) is 48.2 Å². The van der Waals surface area contributed by atoms with Gasteiger partial charge in [-0.3, -0.25) is 4.79 Å². The van der Waals surface area contributed by atoms with Gasteiger partial charge < -0.3 is 30.2 Å². The molecule has 0 spiro atoms. The van der Waals surface area contributed by atoms with Crippen LogP contribution in [-0.2, 0) is 0 Å². The van der Waals surface area contributed by atoms with Crippen LogP contribution < -0.4 is 9.80 Å². The summed E-state index contributed by atoms with van der Waals surface area (Å²) in [5, 5.41) is 44.0. The van der Waals surface area contributed by atoms with Crippen molar-refractivity contribution in [3.63, 3.8) is 0 Å². The standard InChI is InChI=1S/C35H36N2O5/c38-25-19-31(33(40)23-11-3-1-4-12-23)36(21-25)29-17-9-7-15-27(29)35(42)28-16-8-10-18-30(28)37-22-26(39)20-32(37)34(41)24-13-5-2-6-14-24/h1-18,25-26,31-34,38-41H,19-22H2/t25-,26-,31-,32-,33+,34+/m0/s1. The highest BCUT2D eigenvalue weighted by atomic mass is 16.3. The van der Waals surface area contributed by atoms with Crippen LogP contribution in [-0.4, -0.2) is 63.6 Å². The summed E-state index contributed by atoms with van der Waals surface area (Å²) in [4.78, 5) is 18.2. The van der Waals surface area contributed by atoms with Crippen LogP contribution >= 0.6 is 0 Å². The highest BCUT2D eigenvalue weighted by molar-refractivity contribution is 6.15. The van der Waals surface area contributed by atoms with Crippen molar-refractivity contribution in [1.82, 2.24) is 0 Å². The number of β-amino-alcohol motifs (C(OH)–C–C–N with tert-alkyl or cyclic N) is 2. The van der Waals surface area contributed by atoms with Crippen LogP contribution in [0.3, 0.4) is 0 Å². The SMILES string of the molecule is O=C(c1ccccc1N1C[C@@H](O)C[C@H]1[C@H](O)c1ccccc1)c1ccccc1N1C[C@@H](O)C[C@H]1[C@H](O)c1ccccc1. The Labute approximate surface area is 245 Å². The number of ketones is 1. The minimum Gasteiger partial charge on any atom is -0.391 e. The first kappa shape index (κ1) is 28.1. The van der Waals surface area contributed by atoms with Crippen molar-refractivity contribution in [2.24, 2.45) is 0 Å². The number of hydrogen-bond acceptors (Lipinski definition) is 7. The van der Waals surface area contributed by atoms with Crippen LogP contribution in [0.15, 0.2) is 109 Å². The topological polar surface area (TPSA) is 104 Å². The Morgan fingerprint density at radius 2 is 0.929 bits per heavy atom. The maximum Gasteiger partial charge on any atom is 0.197 e. The zero-order valence-electron chi connectivity index (χ0n) is 23.3. The van der Waals surface area contributed by atoms with Gasteiger partial charge in [-0.1, -0.05) is 84.9 Å². The maximum absolute atomic E-state index is 14.4. The molecule has 0 radical (unpaired) electrons. The molecule has 2 heterocycles. The molecular formula is C35H36N2O5. The lowest BCUT2D eigenvalue weighted by atomic mass is 9.95. The summed E-state index contributed by atoms with van der Waals surface area (Å²) in [7, 11) is 0. The first-order valence-electron chi connectivity index (χ1n) is 14.5. The molecule has 2 fully saturated rings. The van der Waals surface area contributed by atoms with Crippen molar-refractivity contribution in [1.29, 1.82) is 0 Å². The number of carbonyl (C=O) groups excluding carboxylic acids is 1. The quantitative estimate of drug-likeness (QED) is 0.237. The van der Waals surface area contributed by atoms with Gasteiger partial charge in [0.2, 0.25) is 0 Å². The molecule has 2 aliphatic heterocycles. The number of nitrogens with zero attached hydrogens (tertiary/aromatic N) is 2. The van der Waals surface area contributed by atoms with E-state index in [-0.39, 0.29) is 5.78 Å². The van der Waals surface area contributed by atoms with Crippen molar-refractivity contribution in [3.8, 4) is 0 Å². The molecule has 216 valence electrons. The largest absolute Gasteiger partial charge is 0.391 e. The average molecular weight is 565 g/mol. The monoisotopic (exact) mass is 564 g/mol. The third-order valence-corrected chi connectivity index (χ3v) is 8.57. The van der Waals surface area contributed by atoms with Gasteiger partial charge in [0.05, 0.1) is 36.5 Å². The average Bonchev–Trinajstić information content (AvgIpc) is 3.63. The molecular weight excluding hydrogens is 528 g/mol. The lowest BCUT2D eigenvalue weighted by Crippen LogP contribution is -2.36. The van der Waals surface area contributed by atoms with E-state index < -0.39 is 36.5 Å². The summed E-state index contributed by atoms with van der Waals surface area (Å²) >= 11 is 0. The molecule has 0 aromatic heterocycles. The second-order valence-electron chi connectivity index (χ2n) is 11.3. The second-order valence-corrected chi connectivity index (χ2v) is 11.3. The predicted octanol–water partition coefficient (Wildman–Crippen LogP) is 4.26. The van der Waals surface area contributed by atoms with E-state index in [1.54, 1.807) is 12.1 Å². The molecule has 7 nitrogen and oxygen atoms in total. The molecule has 4 aromatic rings. The Morgan fingerprint density at radius 3 is 1.33 bits per heavy atom. The Balaban J connectivity index is 1.35. The maximum atomic E-state index is 14.4. The van der Waals surface area contributed by atoms with E-state index in [4.69, 9.17) is 0 Å². The highest BCUT2D eigenvalue weighted by Gasteiger charge is 2.40. The van der Waals surface area contributed by atoms with E-state index in [1.807, 2.05) is 107 Å². The Bertz CT molecular complexity index is 1400. The number of aliphatic hydroxyl groups excluding tert-OH is 4. The van der Waals surface area contributed by atoms with Gasteiger partial charge in [0, 0.05) is 35.6 Å². The molecule has 0 aliphatic carbocycles. The van der Waals surface area contributed by atoms with Gasteiger partial charge in [0.1, 0.15) is 0 Å². The summed E-state index contributed by atoms with van der Waals surface area (Å²) in [6.07, 6.45) is -2.22. The third-order valence-electron chi connectivity index (χ3n) is 8.57. The van der Waals surface area contributed by atoms with E-state index in [1.165, 1.54) is 0 Å². The summed E-state index contributed by atoms with van der Waals surface area (Å²) in [5.41, 5.74) is 3.73. The van der Waals surface area contributed by atoms with Gasteiger partial charge in [0.15, 0.2) is 5.78 Å². The normalized spacial score (nSPS) is 23.6. The predicted molar refractivity (Wildman–Crippen MR) is 163 cm³/mol. The van der Waals surface area contributed by atoms with E-state index in [9.17, 15) is 25.2 Å². The summed E-state index contributed by atoms with van der Waals surface area (Å²) in [6.45, 7) is 0.592. The van der Waals surface area contributed by atoms with Crippen LogP contribution in [0.25, 0.3) is 0 Å². The molecule has 4 aromatic carbocycles. The Morgan fingerprint density at radius 1 is 0.571 bits per heavy atom. The van der Waals surface area contributed by atoms with Crippen molar-refractivity contribution in [3.05, 3.63) is 131 Å². The summed E-state index contributed by atoms with van der Waals surface area (Å²) < 4.78 is 0. The first-order chi connectivity index (χ1) is 20.4. The van der Waals surface area contributed by atoms with E-state index in [0.717, 1.165) is 11.1 Å². The van der Waals surface area contributed by atoms with Gasteiger partial charge in [0.25, 0.3) is 0 Å². The van der Waals surface area contributed by atoms with Gasteiger partial charge >= 0.3 is 0 Å². The number of rotatable bonds is 8. The second kappa shape index (κ2) is 12.1.